The maximum absolute atomic E-state index is 12.0. The van der Waals surface area contributed by atoms with E-state index in [4.69, 9.17) is 0 Å². The smallest absolute Gasteiger partial charge is 0.230 e. The summed E-state index contributed by atoms with van der Waals surface area (Å²) in [5.41, 5.74) is 3.14. The monoisotopic (exact) mass is 366 g/mol. The van der Waals surface area contributed by atoms with Crippen LogP contribution in [-0.4, -0.2) is 32.5 Å². The maximum Gasteiger partial charge on any atom is 0.230 e. The van der Waals surface area contributed by atoms with Crippen molar-refractivity contribution in [2.24, 2.45) is 0 Å². The molecule has 1 heterocycles. The largest absolute Gasteiger partial charge is 0.353 e. The van der Waals surface area contributed by atoms with E-state index in [-0.39, 0.29) is 11.9 Å². The van der Waals surface area contributed by atoms with Crippen LogP contribution in [-0.2, 0) is 4.79 Å². The van der Waals surface area contributed by atoms with Gasteiger partial charge in [-0.3, -0.25) is 9.36 Å². The Bertz CT molecular complexity index is 890. The molecule has 134 valence electrons. The molecule has 1 amide bonds. The average molecular weight is 366 g/mol. The molecule has 0 atom stereocenters. The van der Waals surface area contributed by atoms with Gasteiger partial charge in [0.25, 0.3) is 0 Å². The van der Waals surface area contributed by atoms with Crippen molar-refractivity contribution in [3.8, 4) is 17.1 Å². The van der Waals surface area contributed by atoms with E-state index in [2.05, 4.69) is 28.5 Å². The van der Waals surface area contributed by atoms with Gasteiger partial charge in [-0.25, -0.2) is 0 Å². The highest BCUT2D eigenvalue weighted by Crippen LogP contribution is 2.29. The summed E-state index contributed by atoms with van der Waals surface area (Å²) in [6.45, 7) is 5.96. The van der Waals surface area contributed by atoms with Gasteiger partial charge in [-0.2, -0.15) is 0 Å². The molecule has 0 unspecified atom stereocenters. The molecule has 26 heavy (non-hydrogen) atoms. The lowest BCUT2D eigenvalue weighted by atomic mass is 10.1. The molecule has 0 saturated carbocycles. The molecule has 2 aromatic carbocycles. The van der Waals surface area contributed by atoms with E-state index in [0.717, 1.165) is 22.6 Å². The number of amides is 1. The van der Waals surface area contributed by atoms with E-state index in [0.29, 0.717) is 10.9 Å². The second-order valence-corrected chi connectivity index (χ2v) is 7.25. The first-order valence-corrected chi connectivity index (χ1v) is 9.54. The Balaban J connectivity index is 1.98. The molecule has 0 spiro atoms. The van der Waals surface area contributed by atoms with E-state index in [1.54, 1.807) is 0 Å². The molecule has 0 aliphatic heterocycles. The Kier molecular flexibility index (Phi) is 5.73. The molecule has 1 N–H and O–H groups in total. The van der Waals surface area contributed by atoms with E-state index >= 15 is 0 Å². The number of benzene rings is 2. The summed E-state index contributed by atoms with van der Waals surface area (Å²) in [6.07, 6.45) is 0. The molecule has 6 heteroatoms. The van der Waals surface area contributed by atoms with Gasteiger partial charge in [0.1, 0.15) is 0 Å². The minimum Gasteiger partial charge on any atom is -0.353 e. The fraction of sp³-hybridized carbons (Fsp3) is 0.250. The van der Waals surface area contributed by atoms with Gasteiger partial charge in [-0.05, 0) is 38.5 Å². The fourth-order valence-corrected chi connectivity index (χ4v) is 3.43. The van der Waals surface area contributed by atoms with Crippen molar-refractivity contribution in [2.75, 3.05) is 5.75 Å². The lowest BCUT2D eigenvalue weighted by Gasteiger charge is -2.12. The van der Waals surface area contributed by atoms with Crippen molar-refractivity contribution in [3.05, 3.63) is 60.2 Å². The fourth-order valence-electron chi connectivity index (χ4n) is 2.67. The van der Waals surface area contributed by atoms with Gasteiger partial charge < -0.3 is 5.32 Å². The van der Waals surface area contributed by atoms with Crippen LogP contribution in [0.4, 0.5) is 0 Å². The zero-order valence-corrected chi connectivity index (χ0v) is 16.0. The number of nitrogens with one attached hydrogen (secondary N) is 1. The van der Waals surface area contributed by atoms with Crippen LogP contribution >= 0.6 is 11.8 Å². The number of thioether (sulfide) groups is 1. The van der Waals surface area contributed by atoms with E-state index in [1.807, 2.05) is 66.9 Å². The summed E-state index contributed by atoms with van der Waals surface area (Å²) in [5, 5.41) is 12.4. The predicted octanol–water partition coefficient (Wildman–Crippen LogP) is 3.86. The number of hydrogen-bond acceptors (Lipinski definition) is 4. The zero-order valence-electron chi connectivity index (χ0n) is 15.1. The molecular weight excluding hydrogens is 344 g/mol. The van der Waals surface area contributed by atoms with E-state index in [9.17, 15) is 4.79 Å². The quantitative estimate of drug-likeness (QED) is 0.673. The van der Waals surface area contributed by atoms with Crippen molar-refractivity contribution in [1.29, 1.82) is 0 Å². The summed E-state index contributed by atoms with van der Waals surface area (Å²) in [5.74, 6) is 1.07. The van der Waals surface area contributed by atoms with Gasteiger partial charge in [0.15, 0.2) is 11.0 Å². The zero-order chi connectivity index (χ0) is 18.5. The molecule has 0 bridgehead atoms. The standard InChI is InChI=1S/C20H22N4OS/c1-14(2)21-18(25)13-26-20-23-22-19(17-12-8-7-9-15(17)3)24(20)16-10-5-4-6-11-16/h4-12,14H,13H2,1-3H3,(H,21,25). The first-order chi connectivity index (χ1) is 12.6. The molecule has 5 nitrogen and oxygen atoms in total. The van der Waals surface area contributed by atoms with E-state index < -0.39 is 0 Å². The predicted molar refractivity (Wildman–Crippen MR) is 106 cm³/mol. The van der Waals surface area contributed by atoms with Gasteiger partial charge in [0.2, 0.25) is 5.91 Å². The third-order valence-corrected chi connectivity index (χ3v) is 4.74. The van der Waals surface area contributed by atoms with Gasteiger partial charge in [-0.1, -0.05) is 54.2 Å². The average Bonchev–Trinajstić information content (AvgIpc) is 3.04. The second-order valence-electron chi connectivity index (χ2n) is 6.30. The minimum absolute atomic E-state index is 0.00921. The van der Waals surface area contributed by atoms with Crippen LogP contribution in [0.25, 0.3) is 17.1 Å². The van der Waals surface area contributed by atoms with Crippen LogP contribution in [0.3, 0.4) is 0 Å². The summed E-state index contributed by atoms with van der Waals surface area (Å²) >= 11 is 1.39. The third-order valence-electron chi connectivity index (χ3n) is 3.82. The van der Waals surface area contributed by atoms with Gasteiger partial charge in [0, 0.05) is 17.3 Å². The molecule has 3 aromatic rings. The van der Waals surface area contributed by atoms with Crippen LogP contribution < -0.4 is 5.32 Å². The number of rotatable bonds is 6. The molecule has 3 rings (SSSR count). The molecular formula is C20H22N4OS. The Morgan fingerprint density at radius 3 is 2.46 bits per heavy atom. The topological polar surface area (TPSA) is 59.8 Å². The first kappa shape index (κ1) is 18.2. The van der Waals surface area contributed by atoms with Crippen LogP contribution in [0.2, 0.25) is 0 Å². The maximum atomic E-state index is 12.0. The molecule has 0 saturated heterocycles. The molecule has 0 aliphatic carbocycles. The lowest BCUT2D eigenvalue weighted by molar-refractivity contribution is -0.119. The summed E-state index contributed by atoms with van der Waals surface area (Å²) in [4.78, 5) is 12.0. The highest BCUT2D eigenvalue weighted by atomic mass is 32.2. The Morgan fingerprint density at radius 2 is 1.77 bits per heavy atom. The SMILES string of the molecule is Cc1ccccc1-c1nnc(SCC(=O)NC(C)C)n1-c1ccccc1. The van der Waals surface area contributed by atoms with Gasteiger partial charge >= 0.3 is 0 Å². The molecule has 0 fully saturated rings. The normalized spacial score (nSPS) is 10.9. The van der Waals surface area contributed by atoms with Crippen molar-refractivity contribution < 1.29 is 4.79 Å². The highest BCUT2D eigenvalue weighted by molar-refractivity contribution is 7.99. The highest BCUT2D eigenvalue weighted by Gasteiger charge is 2.18. The molecule has 0 aliphatic rings. The number of carbonyl (C=O) groups is 1. The van der Waals surface area contributed by atoms with Crippen LogP contribution in [0.1, 0.15) is 19.4 Å². The number of aromatic nitrogens is 3. The minimum atomic E-state index is -0.00921. The Morgan fingerprint density at radius 1 is 1.08 bits per heavy atom. The van der Waals surface area contributed by atoms with Crippen LogP contribution in [0.5, 0.6) is 0 Å². The molecule has 0 radical (unpaired) electrons. The van der Waals surface area contributed by atoms with Crippen molar-refractivity contribution >= 4 is 17.7 Å². The van der Waals surface area contributed by atoms with Crippen molar-refractivity contribution in [2.45, 2.75) is 32.0 Å². The Labute approximate surface area is 157 Å². The number of aryl methyl sites for hydroxylation is 1. The van der Waals surface area contributed by atoms with Crippen LogP contribution in [0.15, 0.2) is 59.8 Å². The van der Waals surface area contributed by atoms with E-state index in [1.165, 1.54) is 11.8 Å². The summed E-state index contributed by atoms with van der Waals surface area (Å²) in [6, 6.07) is 18.2. The molecule has 1 aromatic heterocycles. The third kappa shape index (κ3) is 4.14. The summed E-state index contributed by atoms with van der Waals surface area (Å²) < 4.78 is 2.01. The number of carbonyl (C=O) groups excluding carboxylic acids is 1. The van der Waals surface area contributed by atoms with Gasteiger partial charge in [-0.15, -0.1) is 10.2 Å². The second kappa shape index (κ2) is 8.19. The van der Waals surface area contributed by atoms with Crippen LogP contribution in [0, 0.1) is 6.92 Å². The Hall–Kier alpha value is -2.60. The number of nitrogens with zero attached hydrogens (tertiary/aromatic N) is 3. The van der Waals surface area contributed by atoms with Crippen molar-refractivity contribution in [1.82, 2.24) is 20.1 Å². The summed E-state index contributed by atoms with van der Waals surface area (Å²) in [7, 11) is 0. The number of hydrogen-bond donors (Lipinski definition) is 1. The number of para-hydroxylation sites is 1. The van der Waals surface area contributed by atoms with Gasteiger partial charge in [0.05, 0.1) is 5.75 Å². The lowest BCUT2D eigenvalue weighted by Crippen LogP contribution is -2.31. The first-order valence-electron chi connectivity index (χ1n) is 8.55. The van der Waals surface area contributed by atoms with Crippen molar-refractivity contribution in [3.63, 3.8) is 0 Å².